The van der Waals surface area contributed by atoms with Crippen LogP contribution in [0.2, 0.25) is 5.02 Å². The molecule has 0 radical (unpaired) electrons. The highest BCUT2D eigenvalue weighted by atomic mass is 35.5. The van der Waals surface area contributed by atoms with E-state index in [4.69, 9.17) is 16.3 Å². The van der Waals surface area contributed by atoms with Gasteiger partial charge < -0.3 is 9.64 Å². The van der Waals surface area contributed by atoms with Gasteiger partial charge in [-0.1, -0.05) is 41.6 Å². The van der Waals surface area contributed by atoms with Gasteiger partial charge in [-0.2, -0.15) is 4.68 Å². The first kappa shape index (κ1) is 19.7. The van der Waals surface area contributed by atoms with Crippen LogP contribution in [0, 0.1) is 0 Å². The van der Waals surface area contributed by atoms with Crippen LogP contribution in [0.3, 0.4) is 0 Å². The van der Waals surface area contributed by atoms with E-state index in [9.17, 15) is 9.59 Å². The van der Waals surface area contributed by atoms with Crippen molar-refractivity contribution in [2.45, 2.75) is 5.16 Å². The number of carbonyl (C=O) groups is 1. The summed E-state index contributed by atoms with van der Waals surface area (Å²) < 4.78 is 6.46. The molecule has 4 rings (SSSR count). The maximum atomic E-state index is 13.3. The molecule has 0 spiro atoms. The molecule has 1 aliphatic heterocycles. The smallest absolute Gasteiger partial charge is 0.336 e. The number of hydrogen-bond donors (Lipinski definition) is 1. The molecule has 10 heteroatoms. The molecular weight excluding hydrogens is 414 g/mol. The van der Waals surface area contributed by atoms with Crippen LogP contribution in [0.15, 0.2) is 46.5 Å². The molecule has 8 nitrogen and oxygen atoms in total. The average Bonchev–Trinajstić information content (AvgIpc) is 2.76. The number of ether oxygens (including phenoxy) is 1. The predicted molar refractivity (Wildman–Crippen MR) is 113 cm³/mol. The summed E-state index contributed by atoms with van der Waals surface area (Å²) in [4.78, 5) is 36.4. The molecule has 3 heterocycles. The van der Waals surface area contributed by atoms with Gasteiger partial charge >= 0.3 is 6.03 Å². The summed E-state index contributed by atoms with van der Waals surface area (Å²) in [5.74, 6) is 0. The van der Waals surface area contributed by atoms with Gasteiger partial charge in [-0.3, -0.25) is 4.79 Å². The standard InChI is InChI=1S/C19H18ClN5O3S/c1-29-18-21-11-12-10-14(13-4-2-3-5-15(13)20)17(26)25(16(12)22-18)23-19(27)24-6-8-28-9-7-24/h2-5,10-11H,6-9H2,1H3,(H,23,27). The highest BCUT2D eigenvalue weighted by Crippen LogP contribution is 2.27. The van der Waals surface area contributed by atoms with Crippen LogP contribution < -0.4 is 11.0 Å². The van der Waals surface area contributed by atoms with E-state index in [1.807, 2.05) is 6.26 Å². The lowest BCUT2D eigenvalue weighted by molar-refractivity contribution is 0.0558. The topological polar surface area (TPSA) is 89.4 Å². The fraction of sp³-hybridized carbons (Fsp3) is 0.263. The SMILES string of the molecule is CSc1ncc2cc(-c3ccccc3Cl)c(=O)n(NC(=O)N3CCOCC3)c2n1. The Kier molecular flexibility index (Phi) is 5.70. The fourth-order valence-corrected chi connectivity index (χ4v) is 3.66. The summed E-state index contributed by atoms with van der Waals surface area (Å²) in [5.41, 5.74) is 3.53. The summed E-state index contributed by atoms with van der Waals surface area (Å²) in [6, 6.07) is 8.37. The zero-order valence-electron chi connectivity index (χ0n) is 15.6. The molecule has 0 atom stereocenters. The van der Waals surface area contributed by atoms with Gasteiger partial charge in [0.05, 0.1) is 18.8 Å². The van der Waals surface area contributed by atoms with Gasteiger partial charge in [-0.25, -0.2) is 20.2 Å². The zero-order chi connectivity index (χ0) is 20.4. The second-order valence-electron chi connectivity index (χ2n) is 6.33. The van der Waals surface area contributed by atoms with Crippen molar-refractivity contribution < 1.29 is 9.53 Å². The van der Waals surface area contributed by atoms with Crippen molar-refractivity contribution >= 4 is 40.4 Å². The molecule has 0 saturated carbocycles. The Morgan fingerprint density at radius 3 is 2.72 bits per heavy atom. The number of benzene rings is 1. The molecule has 1 N–H and O–H groups in total. The van der Waals surface area contributed by atoms with Crippen molar-refractivity contribution in [3.05, 3.63) is 51.9 Å². The number of urea groups is 1. The van der Waals surface area contributed by atoms with Crippen LogP contribution in [0.4, 0.5) is 4.79 Å². The van der Waals surface area contributed by atoms with Crippen LogP contribution in [-0.2, 0) is 4.74 Å². The first-order chi connectivity index (χ1) is 14.1. The van der Waals surface area contributed by atoms with Crippen LogP contribution >= 0.6 is 23.4 Å². The number of fused-ring (bicyclic) bond motifs is 1. The number of nitrogens with zero attached hydrogens (tertiary/aromatic N) is 4. The number of amides is 2. The largest absolute Gasteiger partial charge is 0.378 e. The van der Waals surface area contributed by atoms with Gasteiger partial charge in [0.25, 0.3) is 5.56 Å². The van der Waals surface area contributed by atoms with E-state index in [-0.39, 0.29) is 0 Å². The summed E-state index contributed by atoms with van der Waals surface area (Å²) in [5, 5.41) is 1.55. The fourth-order valence-electron chi connectivity index (χ4n) is 3.09. The number of thioether (sulfide) groups is 1. The van der Waals surface area contributed by atoms with Gasteiger partial charge in [-0.05, 0) is 18.4 Å². The molecule has 0 bridgehead atoms. The van der Waals surface area contributed by atoms with Gasteiger partial charge in [0.15, 0.2) is 10.8 Å². The number of morpholine rings is 1. The monoisotopic (exact) mass is 431 g/mol. The number of nitrogens with one attached hydrogen (secondary N) is 1. The van der Waals surface area contributed by atoms with Crippen LogP contribution in [0.1, 0.15) is 0 Å². The summed E-state index contributed by atoms with van der Waals surface area (Å²) in [6.45, 7) is 1.82. The normalized spacial score (nSPS) is 14.2. The third-order valence-electron chi connectivity index (χ3n) is 4.57. The van der Waals surface area contributed by atoms with E-state index in [1.165, 1.54) is 16.4 Å². The van der Waals surface area contributed by atoms with Crippen molar-refractivity contribution in [1.82, 2.24) is 19.5 Å². The quantitative estimate of drug-likeness (QED) is 0.506. The van der Waals surface area contributed by atoms with Crippen molar-refractivity contribution in [3.8, 4) is 11.1 Å². The molecule has 2 amide bonds. The minimum Gasteiger partial charge on any atom is -0.378 e. The molecule has 0 unspecified atom stereocenters. The maximum Gasteiger partial charge on any atom is 0.336 e. The lowest BCUT2D eigenvalue weighted by Crippen LogP contribution is -2.47. The lowest BCUT2D eigenvalue weighted by atomic mass is 10.1. The Morgan fingerprint density at radius 2 is 2.00 bits per heavy atom. The number of aromatic nitrogens is 3. The average molecular weight is 432 g/mol. The Hall–Kier alpha value is -2.62. The molecule has 3 aromatic rings. The van der Waals surface area contributed by atoms with Gasteiger partial charge in [0.2, 0.25) is 0 Å². The Bertz CT molecular complexity index is 1130. The number of halogens is 1. The molecule has 150 valence electrons. The van der Waals surface area contributed by atoms with Crippen molar-refractivity contribution in [1.29, 1.82) is 0 Å². The lowest BCUT2D eigenvalue weighted by Gasteiger charge is -2.27. The zero-order valence-corrected chi connectivity index (χ0v) is 17.2. The predicted octanol–water partition coefficient (Wildman–Crippen LogP) is 2.83. The Balaban J connectivity index is 1.87. The highest BCUT2D eigenvalue weighted by Gasteiger charge is 2.21. The number of hydrogen-bond acceptors (Lipinski definition) is 6. The molecule has 29 heavy (non-hydrogen) atoms. The van der Waals surface area contributed by atoms with Gasteiger partial charge in [-0.15, -0.1) is 0 Å². The molecule has 0 aliphatic carbocycles. The van der Waals surface area contributed by atoms with Crippen molar-refractivity contribution in [2.24, 2.45) is 0 Å². The third kappa shape index (κ3) is 3.93. The highest BCUT2D eigenvalue weighted by molar-refractivity contribution is 7.98. The first-order valence-corrected chi connectivity index (χ1v) is 10.5. The third-order valence-corrected chi connectivity index (χ3v) is 5.46. The van der Waals surface area contributed by atoms with Crippen LogP contribution in [0.5, 0.6) is 0 Å². The Labute approximate surface area is 175 Å². The summed E-state index contributed by atoms with van der Waals surface area (Å²) in [6.07, 6.45) is 3.47. The maximum absolute atomic E-state index is 13.3. The molecular formula is C19H18ClN5O3S. The summed E-state index contributed by atoms with van der Waals surface area (Å²) >= 11 is 7.67. The molecule has 1 aromatic carbocycles. The van der Waals surface area contributed by atoms with E-state index in [2.05, 4.69) is 15.4 Å². The summed E-state index contributed by atoms with van der Waals surface area (Å²) in [7, 11) is 0. The molecule has 1 fully saturated rings. The van der Waals surface area contributed by atoms with Crippen molar-refractivity contribution in [3.63, 3.8) is 0 Å². The number of rotatable bonds is 3. The second-order valence-corrected chi connectivity index (χ2v) is 7.51. The van der Waals surface area contributed by atoms with E-state index >= 15 is 0 Å². The van der Waals surface area contributed by atoms with E-state index < -0.39 is 11.6 Å². The molecule has 1 saturated heterocycles. The van der Waals surface area contributed by atoms with E-state index in [1.54, 1.807) is 41.4 Å². The molecule has 2 aromatic heterocycles. The minimum absolute atomic E-state index is 0.326. The van der Waals surface area contributed by atoms with Crippen LogP contribution in [-0.4, -0.2) is 58.1 Å². The van der Waals surface area contributed by atoms with Gasteiger partial charge in [0, 0.05) is 35.3 Å². The molecule has 1 aliphatic rings. The van der Waals surface area contributed by atoms with E-state index in [0.29, 0.717) is 58.6 Å². The van der Waals surface area contributed by atoms with E-state index in [0.717, 1.165) is 0 Å². The van der Waals surface area contributed by atoms with Crippen LogP contribution in [0.25, 0.3) is 22.2 Å². The minimum atomic E-state index is -0.419. The van der Waals surface area contributed by atoms with Crippen molar-refractivity contribution in [2.75, 3.05) is 38.0 Å². The van der Waals surface area contributed by atoms with Gasteiger partial charge in [0.1, 0.15) is 0 Å². The Morgan fingerprint density at radius 1 is 1.24 bits per heavy atom. The second kappa shape index (κ2) is 8.40. The number of carbonyl (C=O) groups excluding carboxylic acids is 1. The first-order valence-electron chi connectivity index (χ1n) is 8.94. The number of pyridine rings is 1.